The van der Waals surface area contributed by atoms with Crippen LogP contribution in [0.4, 0.5) is 11.4 Å². The van der Waals surface area contributed by atoms with E-state index in [0.717, 1.165) is 25.3 Å². The molecule has 0 spiro atoms. The van der Waals surface area contributed by atoms with Crippen LogP contribution in [-0.4, -0.2) is 28.7 Å². The third-order valence-electron chi connectivity index (χ3n) is 5.07. The number of benzene rings is 2. The van der Waals surface area contributed by atoms with E-state index in [1.807, 2.05) is 12.1 Å². The van der Waals surface area contributed by atoms with Gasteiger partial charge in [0.15, 0.2) is 11.9 Å². The summed E-state index contributed by atoms with van der Waals surface area (Å²) in [6.07, 6.45) is 1.71. The van der Waals surface area contributed by atoms with Gasteiger partial charge in [-0.05, 0) is 49.4 Å². The molecule has 0 fully saturated rings. The van der Waals surface area contributed by atoms with E-state index in [-0.39, 0.29) is 35.0 Å². The number of non-ortho nitro benzene ring substituents is 1. The molecule has 0 bridgehead atoms. The molecule has 0 saturated carbocycles. The molecule has 8 nitrogen and oxygen atoms in total. The van der Waals surface area contributed by atoms with Gasteiger partial charge < -0.3 is 10.1 Å². The molecular formula is C22H21ClN2O6. The van der Waals surface area contributed by atoms with E-state index in [4.69, 9.17) is 16.3 Å². The zero-order valence-corrected chi connectivity index (χ0v) is 17.6. The van der Waals surface area contributed by atoms with Gasteiger partial charge in [-0.15, -0.1) is 0 Å². The molecular weight excluding hydrogens is 424 g/mol. The number of anilines is 1. The summed E-state index contributed by atoms with van der Waals surface area (Å²) < 4.78 is 5.08. The molecule has 0 aromatic heterocycles. The lowest BCUT2D eigenvalue weighted by Gasteiger charge is -2.14. The van der Waals surface area contributed by atoms with Gasteiger partial charge in [-0.1, -0.05) is 23.7 Å². The molecule has 3 rings (SSSR count). The average molecular weight is 445 g/mol. The Balaban J connectivity index is 1.51. The molecule has 31 heavy (non-hydrogen) atoms. The van der Waals surface area contributed by atoms with Gasteiger partial charge in [0.25, 0.3) is 11.6 Å². The highest BCUT2D eigenvalue weighted by Crippen LogP contribution is 2.27. The first-order valence-corrected chi connectivity index (χ1v) is 10.2. The van der Waals surface area contributed by atoms with E-state index in [9.17, 15) is 24.5 Å². The minimum absolute atomic E-state index is 0.0251. The minimum Gasteiger partial charge on any atom is -0.453 e. The number of Topliss-reactive ketones (excluding diaryl/α,β-unsaturated/α-hetero) is 1. The lowest BCUT2D eigenvalue weighted by Crippen LogP contribution is -2.30. The Bertz CT molecular complexity index is 1050. The Hall–Kier alpha value is -3.26. The maximum absolute atomic E-state index is 12.4. The lowest BCUT2D eigenvalue weighted by molar-refractivity contribution is -0.384. The number of nitro groups is 1. The number of carbonyl (C=O) groups excluding carboxylic acids is 3. The van der Waals surface area contributed by atoms with Crippen LogP contribution in [-0.2, 0) is 27.2 Å². The van der Waals surface area contributed by atoms with E-state index in [0.29, 0.717) is 5.56 Å². The molecule has 1 atom stereocenters. The number of amides is 1. The fraction of sp³-hybridized carbons (Fsp3) is 0.318. The van der Waals surface area contributed by atoms with E-state index in [1.165, 1.54) is 30.2 Å². The van der Waals surface area contributed by atoms with Gasteiger partial charge in [0.05, 0.1) is 22.1 Å². The summed E-state index contributed by atoms with van der Waals surface area (Å²) in [5.74, 6) is -1.55. The van der Waals surface area contributed by atoms with Crippen molar-refractivity contribution >= 4 is 40.6 Å². The number of nitro benzene ring substituents is 1. The maximum Gasteiger partial charge on any atom is 0.307 e. The standard InChI is InChI=1S/C22H21ClN2O6/c1-13(22(28)24-19-12-17(25(29)30)7-8-18(19)23)31-21(27)10-9-20(26)16-6-5-14-3-2-4-15(14)11-16/h5-8,11-13H,2-4,9-10H2,1H3,(H,24,28). The van der Waals surface area contributed by atoms with Crippen molar-refractivity contribution in [1.82, 2.24) is 0 Å². The summed E-state index contributed by atoms with van der Waals surface area (Å²) in [6, 6.07) is 9.23. The first-order valence-electron chi connectivity index (χ1n) is 9.84. The van der Waals surface area contributed by atoms with Crippen LogP contribution in [0.1, 0.15) is 47.7 Å². The first-order chi connectivity index (χ1) is 14.7. The average Bonchev–Trinajstić information content (AvgIpc) is 3.21. The third kappa shape index (κ3) is 5.67. The van der Waals surface area contributed by atoms with Crippen LogP contribution in [0.15, 0.2) is 36.4 Å². The van der Waals surface area contributed by atoms with Crippen molar-refractivity contribution in [2.45, 2.75) is 45.1 Å². The SMILES string of the molecule is CC(OC(=O)CCC(=O)c1ccc2c(c1)CCC2)C(=O)Nc1cc([N+](=O)[O-])ccc1Cl. The molecule has 0 saturated heterocycles. The topological polar surface area (TPSA) is 116 Å². The first kappa shape index (κ1) is 22.4. The molecule has 1 unspecified atom stereocenters. The predicted octanol–water partition coefficient (Wildman–Crippen LogP) is 4.27. The summed E-state index contributed by atoms with van der Waals surface area (Å²) in [7, 11) is 0. The van der Waals surface area contributed by atoms with Crippen LogP contribution in [0.25, 0.3) is 0 Å². The lowest BCUT2D eigenvalue weighted by atomic mass is 10.0. The Labute approximate surface area is 183 Å². The predicted molar refractivity (Wildman–Crippen MR) is 114 cm³/mol. The zero-order chi connectivity index (χ0) is 22.5. The number of aryl methyl sites for hydroxylation is 2. The molecule has 0 heterocycles. The number of rotatable bonds is 8. The largest absolute Gasteiger partial charge is 0.453 e. The fourth-order valence-electron chi connectivity index (χ4n) is 3.37. The number of halogens is 1. The summed E-state index contributed by atoms with van der Waals surface area (Å²) in [5, 5.41) is 13.4. The summed E-state index contributed by atoms with van der Waals surface area (Å²) in [6.45, 7) is 1.36. The van der Waals surface area contributed by atoms with Gasteiger partial charge in [-0.3, -0.25) is 24.5 Å². The van der Waals surface area contributed by atoms with Gasteiger partial charge in [0.2, 0.25) is 0 Å². The molecule has 1 aliphatic rings. The van der Waals surface area contributed by atoms with Crippen LogP contribution in [0.2, 0.25) is 5.02 Å². The third-order valence-corrected chi connectivity index (χ3v) is 5.40. The van der Waals surface area contributed by atoms with Crippen molar-refractivity contribution in [1.29, 1.82) is 0 Å². The van der Waals surface area contributed by atoms with Crippen LogP contribution < -0.4 is 5.32 Å². The molecule has 0 aliphatic heterocycles. The summed E-state index contributed by atoms with van der Waals surface area (Å²) >= 11 is 5.95. The maximum atomic E-state index is 12.4. The minimum atomic E-state index is -1.17. The number of fused-ring (bicyclic) bond motifs is 1. The normalized spacial score (nSPS) is 13.2. The number of carbonyl (C=O) groups is 3. The van der Waals surface area contributed by atoms with Gasteiger partial charge in [-0.2, -0.15) is 0 Å². The second kappa shape index (κ2) is 9.70. The Kier molecular flexibility index (Phi) is 7.02. The van der Waals surface area contributed by atoms with E-state index < -0.39 is 22.9 Å². The van der Waals surface area contributed by atoms with Crippen LogP contribution in [0, 0.1) is 10.1 Å². The molecule has 162 valence electrons. The van der Waals surface area contributed by atoms with Gasteiger partial charge in [0, 0.05) is 24.1 Å². The number of ketones is 1. The van der Waals surface area contributed by atoms with Crippen LogP contribution >= 0.6 is 11.6 Å². The van der Waals surface area contributed by atoms with Crippen molar-refractivity contribution in [3.8, 4) is 0 Å². The van der Waals surface area contributed by atoms with E-state index in [2.05, 4.69) is 5.32 Å². The Morgan fingerprint density at radius 2 is 1.87 bits per heavy atom. The monoisotopic (exact) mass is 444 g/mol. The second-order valence-electron chi connectivity index (χ2n) is 7.30. The Morgan fingerprint density at radius 3 is 2.61 bits per heavy atom. The molecule has 2 aromatic rings. The molecule has 1 amide bonds. The summed E-state index contributed by atoms with van der Waals surface area (Å²) in [4.78, 5) is 47.0. The van der Waals surface area contributed by atoms with Crippen molar-refractivity contribution in [2.75, 3.05) is 5.32 Å². The molecule has 9 heteroatoms. The van der Waals surface area contributed by atoms with Crippen LogP contribution in [0.5, 0.6) is 0 Å². The van der Waals surface area contributed by atoms with Gasteiger partial charge in [-0.25, -0.2) is 0 Å². The number of hydrogen-bond acceptors (Lipinski definition) is 6. The zero-order valence-electron chi connectivity index (χ0n) is 16.9. The molecule has 2 aromatic carbocycles. The second-order valence-corrected chi connectivity index (χ2v) is 7.71. The number of esters is 1. The van der Waals surface area contributed by atoms with E-state index in [1.54, 1.807) is 6.07 Å². The van der Waals surface area contributed by atoms with Crippen molar-refractivity contribution in [2.24, 2.45) is 0 Å². The smallest absolute Gasteiger partial charge is 0.307 e. The van der Waals surface area contributed by atoms with Crippen molar-refractivity contribution < 1.29 is 24.0 Å². The fourth-order valence-corrected chi connectivity index (χ4v) is 3.54. The highest BCUT2D eigenvalue weighted by molar-refractivity contribution is 6.33. The highest BCUT2D eigenvalue weighted by atomic mass is 35.5. The Morgan fingerprint density at radius 1 is 1.13 bits per heavy atom. The molecule has 0 radical (unpaired) electrons. The van der Waals surface area contributed by atoms with Crippen LogP contribution in [0.3, 0.4) is 0 Å². The number of nitrogens with one attached hydrogen (secondary N) is 1. The number of nitrogens with zero attached hydrogens (tertiary/aromatic N) is 1. The summed E-state index contributed by atoms with van der Waals surface area (Å²) in [5.41, 5.74) is 2.81. The van der Waals surface area contributed by atoms with Crippen molar-refractivity contribution in [3.05, 3.63) is 68.2 Å². The number of ether oxygens (including phenoxy) is 1. The quantitative estimate of drug-likeness (QED) is 0.281. The number of hydrogen-bond donors (Lipinski definition) is 1. The van der Waals surface area contributed by atoms with Crippen molar-refractivity contribution in [3.63, 3.8) is 0 Å². The molecule has 1 aliphatic carbocycles. The molecule has 1 N–H and O–H groups in total. The van der Waals surface area contributed by atoms with Gasteiger partial charge in [0.1, 0.15) is 0 Å². The highest BCUT2D eigenvalue weighted by Gasteiger charge is 2.21. The van der Waals surface area contributed by atoms with Gasteiger partial charge >= 0.3 is 5.97 Å². The van der Waals surface area contributed by atoms with E-state index >= 15 is 0 Å².